The topological polar surface area (TPSA) is 46.5 Å². The quantitative estimate of drug-likeness (QED) is 0.283. The molecule has 0 saturated heterocycles. The number of carbonyl (C=O) groups is 1. The van der Waals surface area contributed by atoms with Crippen molar-refractivity contribution in [2.24, 2.45) is 0 Å². The monoisotopic (exact) mass is 134 g/mol. The molecule has 1 N–H and O–H groups in total. The second-order valence-electron chi connectivity index (χ2n) is 0.776. The molecule has 0 bridgehead atoms. The lowest BCUT2D eigenvalue weighted by molar-refractivity contribution is -0.135. The number of hydrogen-bond donors (Lipinski definition) is 1. The van der Waals surface area contributed by atoms with Gasteiger partial charge in [0.2, 0.25) is 0 Å². The molecule has 0 saturated carbocycles. The Morgan fingerprint density at radius 2 is 2.25 bits per heavy atom. The highest BCUT2D eigenvalue weighted by molar-refractivity contribution is 5.95. The number of esters is 1. The molecule has 0 rings (SSSR count). The van der Waals surface area contributed by atoms with Gasteiger partial charge in [0, 0.05) is 6.92 Å². The summed E-state index contributed by atoms with van der Waals surface area (Å²) in [5, 5.41) is 0. The fraction of sp³-hybridized carbons (Fsp3) is 0.250. The first-order chi connectivity index (χ1) is 3.77. The van der Waals surface area contributed by atoms with Crippen molar-refractivity contribution in [1.82, 2.24) is 0 Å². The van der Waals surface area contributed by atoms with Crippen LogP contribution >= 0.6 is 0 Å². The van der Waals surface area contributed by atoms with Crippen LogP contribution in [-0.4, -0.2) is 21.3 Å². The van der Waals surface area contributed by atoms with E-state index in [1.807, 2.05) is 0 Å². The predicted octanol–water partition coefficient (Wildman–Crippen LogP) is -1.05. The summed E-state index contributed by atoms with van der Waals surface area (Å²) in [4.78, 5) is 16.9. The molecule has 3 nitrogen and oxygen atoms in total. The van der Waals surface area contributed by atoms with Crippen LogP contribution in [0.4, 0.5) is 0 Å². The van der Waals surface area contributed by atoms with Crippen molar-refractivity contribution in [1.29, 1.82) is 0 Å². The van der Waals surface area contributed by atoms with Crippen molar-refractivity contribution < 1.29 is 14.3 Å². The molecule has 0 aliphatic heterocycles. The summed E-state index contributed by atoms with van der Waals surface area (Å²) in [6, 6.07) is 0. The lowest BCUT2D eigenvalue weighted by Crippen LogP contribution is -1.87. The highest BCUT2D eigenvalue weighted by Gasteiger charge is 1.79. The van der Waals surface area contributed by atoms with Gasteiger partial charge in [-0.05, 0) is 0 Å². The van der Waals surface area contributed by atoms with E-state index in [4.69, 9.17) is 4.80 Å². The molecule has 0 aliphatic carbocycles. The van der Waals surface area contributed by atoms with Gasteiger partial charge in [-0.2, -0.15) is 0 Å². The first-order valence-electron chi connectivity index (χ1n) is 2.00. The number of hydrogen-bond acceptors (Lipinski definition) is 3. The smallest absolute Gasteiger partial charge is 0.307 e. The van der Waals surface area contributed by atoms with Gasteiger partial charge in [-0.1, -0.05) is 6.58 Å². The number of ether oxygens (including phenoxy) is 1. The Morgan fingerprint density at radius 1 is 1.88 bits per heavy atom. The molecule has 0 aliphatic rings. The van der Waals surface area contributed by atoms with E-state index in [1.54, 1.807) is 0 Å². The summed E-state index contributed by atoms with van der Waals surface area (Å²) in [6.07, 6.45) is 1.10. The zero-order valence-corrected chi connectivity index (χ0v) is 7.05. The zero-order valence-electron chi connectivity index (χ0n) is 5.05. The zero-order chi connectivity index (χ0) is 6.99. The lowest BCUT2D eigenvalue weighted by Gasteiger charge is -1.83. The molecular formula is C4H10O3Si. The molecule has 0 radical (unpaired) electrons. The minimum atomic E-state index is -0.329. The predicted molar refractivity (Wildman–Crippen MR) is 34.1 cm³/mol. The van der Waals surface area contributed by atoms with Crippen molar-refractivity contribution in [2.75, 3.05) is 0 Å². The molecule has 0 unspecified atom stereocenters. The van der Waals surface area contributed by atoms with Gasteiger partial charge in [0.15, 0.2) is 0 Å². The summed E-state index contributed by atoms with van der Waals surface area (Å²) >= 11 is 0. The fourth-order valence-electron chi connectivity index (χ4n) is 0.117. The molecule has 0 fully saturated rings. The Balaban J connectivity index is 0. The van der Waals surface area contributed by atoms with E-state index >= 15 is 0 Å². The Bertz CT molecular complexity index is 71.7. The van der Waals surface area contributed by atoms with Crippen LogP contribution in [0.5, 0.6) is 0 Å². The fourth-order valence-corrected chi connectivity index (χ4v) is 0.117. The Morgan fingerprint density at radius 3 is 2.25 bits per heavy atom. The van der Waals surface area contributed by atoms with Gasteiger partial charge in [0.1, 0.15) is 10.5 Å². The average Bonchev–Trinajstić information content (AvgIpc) is 1.72. The molecule has 0 spiro atoms. The van der Waals surface area contributed by atoms with Crippen molar-refractivity contribution in [3.63, 3.8) is 0 Å². The SMILES string of the molecule is C=COC(C)=O.O[SiH3]. The third-order valence-electron chi connectivity index (χ3n) is 0.249. The number of carbonyl (C=O) groups excluding carboxylic acids is 1. The summed E-state index contributed by atoms with van der Waals surface area (Å²) in [6.45, 7) is 4.48. The standard InChI is InChI=1S/C4H6O2.H4OSi/c1-3-6-4(2)5;1-2/h3H,1H2,2H3;1H,2H3. The molecule has 0 aromatic carbocycles. The Hall–Kier alpha value is -0.613. The summed E-state index contributed by atoms with van der Waals surface area (Å²) in [5.74, 6) is -0.329. The van der Waals surface area contributed by atoms with Gasteiger partial charge in [-0.3, -0.25) is 4.79 Å². The van der Waals surface area contributed by atoms with E-state index in [-0.39, 0.29) is 5.97 Å². The molecule has 8 heavy (non-hydrogen) atoms. The number of rotatable bonds is 1. The second-order valence-corrected chi connectivity index (χ2v) is 0.776. The van der Waals surface area contributed by atoms with Crippen LogP contribution in [0.1, 0.15) is 6.92 Å². The van der Waals surface area contributed by atoms with E-state index in [1.165, 1.54) is 6.92 Å². The van der Waals surface area contributed by atoms with Gasteiger partial charge in [-0.15, -0.1) is 0 Å². The molecule has 0 heterocycles. The van der Waals surface area contributed by atoms with Crippen LogP contribution < -0.4 is 0 Å². The van der Waals surface area contributed by atoms with Crippen LogP contribution in [0.2, 0.25) is 0 Å². The average molecular weight is 134 g/mol. The minimum absolute atomic E-state index is 0.306. The second kappa shape index (κ2) is 9.63. The van der Waals surface area contributed by atoms with Crippen molar-refractivity contribution >= 4 is 16.5 Å². The van der Waals surface area contributed by atoms with Gasteiger partial charge in [0.25, 0.3) is 0 Å². The van der Waals surface area contributed by atoms with Crippen LogP contribution in [0.15, 0.2) is 12.8 Å². The van der Waals surface area contributed by atoms with Gasteiger partial charge < -0.3 is 9.53 Å². The maximum atomic E-state index is 9.75. The molecule has 0 amide bonds. The summed E-state index contributed by atoms with van der Waals surface area (Å²) < 4.78 is 4.17. The van der Waals surface area contributed by atoms with Gasteiger partial charge >= 0.3 is 5.97 Å². The highest BCUT2D eigenvalue weighted by Crippen LogP contribution is 1.70. The van der Waals surface area contributed by atoms with Crippen molar-refractivity contribution in [3.05, 3.63) is 12.8 Å². The third kappa shape index (κ3) is 18.2. The van der Waals surface area contributed by atoms with Crippen LogP contribution in [0, 0.1) is 0 Å². The summed E-state index contributed by atoms with van der Waals surface area (Å²) in [7, 11) is 0.306. The highest BCUT2D eigenvalue weighted by atomic mass is 28.2. The minimum Gasteiger partial charge on any atom is -0.442 e. The van der Waals surface area contributed by atoms with E-state index in [0.29, 0.717) is 10.5 Å². The van der Waals surface area contributed by atoms with Crippen LogP contribution in [0.3, 0.4) is 0 Å². The molecular weight excluding hydrogens is 124 g/mol. The first-order valence-corrected chi connectivity index (χ1v) is 2.89. The van der Waals surface area contributed by atoms with Crippen molar-refractivity contribution in [3.8, 4) is 0 Å². The van der Waals surface area contributed by atoms with Gasteiger partial charge in [0.05, 0.1) is 6.26 Å². The van der Waals surface area contributed by atoms with Crippen LogP contribution in [0.25, 0.3) is 0 Å². The van der Waals surface area contributed by atoms with E-state index in [0.717, 1.165) is 6.26 Å². The maximum Gasteiger partial charge on any atom is 0.307 e. The Kier molecular flexibility index (Phi) is 12.5. The third-order valence-corrected chi connectivity index (χ3v) is 0.249. The Labute approximate surface area is 51.5 Å². The van der Waals surface area contributed by atoms with Gasteiger partial charge in [-0.25, -0.2) is 0 Å². The van der Waals surface area contributed by atoms with Crippen molar-refractivity contribution in [2.45, 2.75) is 6.92 Å². The normalized spacial score (nSPS) is 6.25. The largest absolute Gasteiger partial charge is 0.442 e. The molecule has 48 valence electrons. The van der Waals surface area contributed by atoms with E-state index in [2.05, 4.69) is 11.3 Å². The lowest BCUT2D eigenvalue weighted by atomic mass is 10.8. The van der Waals surface area contributed by atoms with Crippen LogP contribution in [-0.2, 0) is 9.53 Å². The maximum absolute atomic E-state index is 9.75. The van der Waals surface area contributed by atoms with E-state index in [9.17, 15) is 4.79 Å². The summed E-state index contributed by atoms with van der Waals surface area (Å²) in [5.41, 5.74) is 0. The molecule has 0 atom stereocenters. The molecule has 0 aromatic heterocycles. The van der Waals surface area contributed by atoms with E-state index < -0.39 is 0 Å². The first kappa shape index (κ1) is 10.4. The molecule has 0 aromatic rings. The molecule has 4 heteroatoms.